The van der Waals surface area contributed by atoms with E-state index in [0.29, 0.717) is 0 Å². The fourth-order valence-electron chi connectivity index (χ4n) is 2.38. The summed E-state index contributed by atoms with van der Waals surface area (Å²) in [5, 5.41) is 8.02. The van der Waals surface area contributed by atoms with Crippen LogP contribution >= 0.6 is 0 Å². The number of hydrogen-bond acceptors (Lipinski definition) is 4. The van der Waals surface area contributed by atoms with Crippen LogP contribution in [0, 0.1) is 0 Å². The second-order valence-electron chi connectivity index (χ2n) is 4.93. The number of pyridine rings is 1. The monoisotopic (exact) mass is 231 g/mol. The Labute approximate surface area is 100 Å². The van der Waals surface area contributed by atoms with Gasteiger partial charge in [-0.1, -0.05) is 0 Å². The predicted molar refractivity (Wildman–Crippen MR) is 68.1 cm³/mol. The van der Waals surface area contributed by atoms with Crippen LogP contribution in [0.15, 0.2) is 29.0 Å². The van der Waals surface area contributed by atoms with Crippen molar-refractivity contribution in [3.8, 4) is 0 Å². The molecule has 90 valence electrons. The van der Waals surface area contributed by atoms with E-state index in [0.717, 1.165) is 42.7 Å². The molecule has 4 nitrogen and oxygen atoms in total. The number of piperidine rings is 1. The predicted octanol–water partition coefficient (Wildman–Crippen LogP) is 2.38. The van der Waals surface area contributed by atoms with Crippen LogP contribution in [0.2, 0.25) is 0 Å². The Bertz CT molecular complexity index is 514. The molecule has 0 atom stereocenters. The van der Waals surface area contributed by atoms with Crippen LogP contribution in [0.1, 0.15) is 19.8 Å². The number of rotatable bonds is 2. The number of nitrogens with one attached hydrogen (secondary N) is 2. The minimum Gasteiger partial charge on any atom is -0.464 e. The summed E-state index contributed by atoms with van der Waals surface area (Å²) in [4.78, 5) is 4.43. The summed E-state index contributed by atoms with van der Waals surface area (Å²) in [6, 6.07) is 3.86. The molecule has 2 aromatic heterocycles. The van der Waals surface area contributed by atoms with Gasteiger partial charge in [0.1, 0.15) is 11.4 Å². The molecule has 4 heteroatoms. The molecule has 2 N–H and O–H groups in total. The highest BCUT2D eigenvalue weighted by Gasteiger charge is 2.27. The standard InChI is InChI=1S/C13H17N3O/c1-13(4-7-14-8-5-13)16-12-10-3-9-17-11(10)2-6-15-12/h2-3,6,9,14H,4-5,7-8H2,1H3,(H,15,16). The van der Waals surface area contributed by atoms with Gasteiger partial charge < -0.3 is 15.1 Å². The van der Waals surface area contributed by atoms with E-state index in [1.807, 2.05) is 12.1 Å². The average molecular weight is 231 g/mol. The van der Waals surface area contributed by atoms with Gasteiger partial charge in [-0.05, 0) is 45.0 Å². The van der Waals surface area contributed by atoms with Gasteiger partial charge in [0.25, 0.3) is 0 Å². The summed E-state index contributed by atoms with van der Waals surface area (Å²) in [7, 11) is 0. The summed E-state index contributed by atoms with van der Waals surface area (Å²) in [6.07, 6.45) is 5.73. The lowest BCUT2D eigenvalue weighted by Gasteiger charge is -2.35. The fourth-order valence-corrected chi connectivity index (χ4v) is 2.38. The summed E-state index contributed by atoms with van der Waals surface area (Å²) in [5.74, 6) is 0.931. The normalized spacial score (nSPS) is 19.4. The van der Waals surface area contributed by atoms with Gasteiger partial charge in [-0.2, -0.15) is 0 Å². The zero-order valence-corrected chi connectivity index (χ0v) is 9.99. The van der Waals surface area contributed by atoms with E-state index in [-0.39, 0.29) is 5.54 Å². The van der Waals surface area contributed by atoms with E-state index < -0.39 is 0 Å². The average Bonchev–Trinajstić information content (AvgIpc) is 2.79. The molecular weight excluding hydrogens is 214 g/mol. The Morgan fingerprint density at radius 2 is 2.18 bits per heavy atom. The molecule has 1 fully saturated rings. The number of anilines is 1. The molecule has 0 unspecified atom stereocenters. The van der Waals surface area contributed by atoms with Crippen LogP contribution < -0.4 is 10.6 Å². The van der Waals surface area contributed by atoms with Crippen molar-refractivity contribution in [2.45, 2.75) is 25.3 Å². The topological polar surface area (TPSA) is 50.1 Å². The van der Waals surface area contributed by atoms with Crippen LogP contribution in [0.25, 0.3) is 11.0 Å². The molecule has 2 aromatic rings. The van der Waals surface area contributed by atoms with E-state index >= 15 is 0 Å². The molecule has 17 heavy (non-hydrogen) atoms. The van der Waals surface area contributed by atoms with Crippen LogP contribution in [0.4, 0.5) is 5.82 Å². The molecule has 0 spiro atoms. The van der Waals surface area contributed by atoms with Gasteiger partial charge in [0.05, 0.1) is 11.6 Å². The number of aromatic nitrogens is 1. The van der Waals surface area contributed by atoms with Crippen LogP contribution in [0.3, 0.4) is 0 Å². The maximum atomic E-state index is 5.39. The fraction of sp³-hybridized carbons (Fsp3) is 0.462. The van der Waals surface area contributed by atoms with Crippen molar-refractivity contribution in [3.63, 3.8) is 0 Å². The van der Waals surface area contributed by atoms with Crippen LogP contribution in [-0.4, -0.2) is 23.6 Å². The van der Waals surface area contributed by atoms with Gasteiger partial charge in [0.15, 0.2) is 0 Å². The van der Waals surface area contributed by atoms with E-state index in [1.165, 1.54) is 0 Å². The third-order valence-corrected chi connectivity index (χ3v) is 3.51. The van der Waals surface area contributed by atoms with Gasteiger partial charge in [0, 0.05) is 11.7 Å². The molecule has 1 saturated heterocycles. The maximum absolute atomic E-state index is 5.39. The highest BCUT2D eigenvalue weighted by molar-refractivity contribution is 5.88. The lowest BCUT2D eigenvalue weighted by atomic mass is 9.90. The van der Waals surface area contributed by atoms with Crippen molar-refractivity contribution >= 4 is 16.8 Å². The molecule has 0 radical (unpaired) electrons. The van der Waals surface area contributed by atoms with Crippen molar-refractivity contribution in [2.24, 2.45) is 0 Å². The number of nitrogens with zero attached hydrogens (tertiary/aromatic N) is 1. The van der Waals surface area contributed by atoms with Crippen molar-refractivity contribution in [1.82, 2.24) is 10.3 Å². The Balaban J connectivity index is 1.91. The molecule has 0 amide bonds. The first kappa shape index (κ1) is 10.6. The van der Waals surface area contributed by atoms with E-state index in [2.05, 4.69) is 22.5 Å². The Morgan fingerprint density at radius 3 is 3.00 bits per heavy atom. The SMILES string of the molecule is CC1(Nc2nccc3occc23)CCNCC1. The van der Waals surface area contributed by atoms with Crippen LogP contribution in [0.5, 0.6) is 0 Å². The molecule has 3 heterocycles. The molecule has 0 aromatic carbocycles. The highest BCUT2D eigenvalue weighted by Crippen LogP contribution is 2.28. The maximum Gasteiger partial charge on any atom is 0.139 e. The third-order valence-electron chi connectivity index (χ3n) is 3.51. The van der Waals surface area contributed by atoms with Gasteiger partial charge in [-0.3, -0.25) is 0 Å². The minimum absolute atomic E-state index is 0.129. The third kappa shape index (κ3) is 2.00. The first-order valence-corrected chi connectivity index (χ1v) is 6.08. The zero-order valence-electron chi connectivity index (χ0n) is 9.99. The highest BCUT2D eigenvalue weighted by atomic mass is 16.3. The quantitative estimate of drug-likeness (QED) is 0.833. The Hall–Kier alpha value is -1.55. The smallest absolute Gasteiger partial charge is 0.139 e. The molecule has 0 bridgehead atoms. The van der Waals surface area contributed by atoms with Crippen molar-refractivity contribution in [3.05, 3.63) is 24.6 Å². The van der Waals surface area contributed by atoms with Crippen LogP contribution in [-0.2, 0) is 0 Å². The van der Waals surface area contributed by atoms with E-state index in [1.54, 1.807) is 12.5 Å². The summed E-state index contributed by atoms with van der Waals surface area (Å²) in [6.45, 7) is 4.38. The summed E-state index contributed by atoms with van der Waals surface area (Å²) < 4.78 is 5.39. The van der Waals surface area contributed by atoms with Crippen molar-refractivity contribution < 1.29 is 4.42 Å². The lowest BCUT2D eigenvalue weighted by Crippen LogP contribution is -2.45. The summed E-state index contributed by atoms with van der Waals surface area (Å²) >= 11 is 0. The molecule has 0 saturated carbocycles. The Morgan fingerprint density at radius 1 is 1.35 bits per heavy atom. The van der Waals surface area contributed by atoms with Gasteiger partial charge in [-0.25, -0.2) is 4.98 Å². The van der Waals surface area contributed by atoms with Crippen molar-refractivity contribution in [2.75, 3.05) is 18.4 Å². The zero-order chi connectivity index (χ0) is 11.7. The van der Waals surface area contributed by atoms with Gasteiger partial charge >= 0.3 is 0 Å². The van der Waals surface area contributed by atoms with E-state index in [4.69, 9.17) is 4.42 Å². The first-order chi connectivity index (χ1) is 8.27. The lowest BCUT2D eigenvalue weighted by molar-refractivity contribution is 0.364. The molecule has 1 aliphatic heterocycles. The first-order valence-electron chi connectivity index (χ1n) is 6.08. The van der Waals surface area contributed by atoms with Gasteiger partial charge in [-0.15, -0.1) is 0 Å². The molecule has 0 aliphatic carbocycles. The number of furan rings is 1. The second-order valence-corrected chi connectivity index (χ2v) is 4.93. The number of hydrogen-bond donors (Lipinski definition) is 2. The Kier molecular flexibility index (Phi) is 2.52. The minimum atomic E-state index is 0.129. The molecule has 3 rings (SSSR count). The molecule has 1 aliphatic rings. The van der Waals surface area contributed by atoms with Crippen molar-refractivity contribution in [1.29, 1.82) is 0 Å². The largest absolute Gasteiger partial charge is 0.464 e. The summed E-state index contributed by atoms with van der Waals surface area (Å²) in [5.41, 5.74) is 1.02. The second kappa shape index (κ2) is 4.04. The van der Waals surface area contributed by atoms with Gasteiger partial charge in [0.2, 0.25) is 0 Å². The molecular formula is C13H17N3O. The number of fused-ring (bicyclic) bond motifs is 1. The van der Waals surface area contributed by atoms with E-state index in [9.17, 15) is 0 Å².